The molecule has 0 unspecified atom stereocenters. The third kappa shape index (κ3) is 2.75. The van der Waals surface area contributed by atoms with Gasteiger partial charge in [0.15, 0.2) is 0 Å². The minimum absolute atomic E-state index is 0.842. The Hall–Kier alpha value is 0.750. The van der Waals surface area contributed by atoms with Crippen molar-refractivity contribution in [2.24, 2.45) is 0 Å². The molecule has 0 aromatic heterocycles. The minimum atomic E-state index is 0.842. The summed E-state index contributed by atoms with van der Waals surface area (Å²) in [5.74, 6) is 0. The van der Waals surface area contributed by atoms with Crippen LogP contribution in [0.15, 0.2) is 0 Å². The fourth-order valence-electron chi connectivity index (χ4n) is 0. The van der Waals surface area contributed by atoms with Crippen molar-refractivity contribution in [1.29, 1.82) is 0 Å². The van der Waals surface area contributed by atoms with E-state index in [-0.39, 0.29) is 0 Å². The summed E-state index contributed by atoms with van der Waals surface area (Å²) in [5.41, 5.74) is 0. The summed E-state index contributed by atoms with van der Waals surface area (Å²) in [6.07, 6.45) is 0. The van der Waals surface area contributed by atoms with E-state index in [0.29, 0.717) is 0 Å². The van der Waals surface area contributed by atoms with Crippen molar-refractivity contribution < 1.29 is 3.10 Å². The zero-order valence-corrected chi connectivity index (χ0v) is 5.12. The van der Waals surface area contributed by atoms with Crippen molar-refractivity contribution in [3.05, 3.63) is 0 Å². The van der Waals surface area contributed by atoms with Crippen molar-refractivity contribution in [3.8, 4) is 0 Å². The zero-order chi connectivity index (χ0) is 3.41. The fourth-order valence-corrected chi connectivity index (χ4v) is 0. The number of rotatable bonds is 1. The maximum absolute atomic E-state index is 4.59. The summed E-state index contributed by atoms with van der Waals surface area (Å²) >= 11 is 1.40. The van der Waals surface area contributed by atoms with Crippen LogP contribution in [0.3, 0.4) is 0 Å². The first-order valence-electron chi connectivity index (χ1n) is 1.18. The predicted octanol–water partition coefficient (Wildman–Crippen LogP) is -0.161. The molecule has 26 valence electrons. The van der Waals surface area contributed by atoms with Gasteiger partial charge in [-0.05, 0) is 0 Å². The van der Waals surface area contributed by atoms with Crippen LogP contribution in [0.2, 0.25) is 0 Å². The maximum atomic E-state index is 4.59. The van der Waals surface area contributed by atoms with Gasteiger partial charge in [-0.15, -0.1) is 0 Å². The molecule has 2 heteroatoms. The zero-order valence-electron chi connectivity index (χ0n) is 2.56. The normalized spacial score (nSPS) is 7.50. The molecule has 0 aliphatic rings. The second-order valence-electron chi connectivity index (χ2n) is 0.418. The van der Waals surface area contributed by atoms with Gasteiger partial charge in [-0.25, -0.2) is 0 Å². The first kappa shape index (κ1) is 4.75. The molecule has 0 radical (unpaired) electrons. The molecule has 0 N–H and O–H groups in total. The van der Waals surface area contributed by atoms with Gasteiger partial charge < -0.3 is 0 Å². The van der Waals surface area contributed by atoms with E-state index in [1.807, 2.05) is 6.92 Å². The van der Waals surface area contributed by atoms with Gasteiger partial charge in [0.2, 0.25) is 0 Å². The van der Waals surface area contributed by atoms with Gasteiger partial charge in [-0.2, -0.15) is 0 Å². The van der Waals surface area contributed by atoms with Crippen LogP contribution in [0.4, 0.5) is 0 Å². The van der Waals surface area contributed by atoms with Crippen LogP contribution in [-0.2, 0) is 3.10 Å². The molecular weight excluding hydrogens is 168 g/mol. The molecule has 0 spiro atoms. The summed E-state index contributed by atoms with van der Waals surface area (Å²) in [6.45, 7) is 2.81. The third-order valence-corrected chi connectivity index (χ3v) is 0.866. The Balaban J connectivity index is 1.97. The molecule has 0 bridgehead atoms. The Kier molecular flexibility index (Phi) is 4.45. The van der Waals surface area contributed by atoms with Gasteiger partial charge >= 0.3 is 39.3 Å². The van der Waals surface area contributed by atoms with Crippen LogP contribution in [0, 0.1) is 0 Å². The van der Waals surface area contributed by atoms with E-state index < -0.39 is 0 Å². The van der Waals surface area contributed by atoms with Crippen LogP contribution in [0.25, 0.3) is 0 Å². The average molecular weight is 174 g/mol. The molecule has 0 aromatic carbocycles. The van der Waals surface area contributed by atoms with E-state index in [0.717, 1.165) is 6.61 Å². The second kappa shape index (κ2) is 3.75. The molecule has 0 aliphatic heterocycles. The van der Waals surface area contributed by atoms with Gasteiger partial charge in [0.05, 0.1) is 0 Å². The van der Waals surface area contributed by atoms with Crippen molar-refractivity contribution in [2.75, 3.05) is 6.61 Å². The van der Waals surface area contributed by atoms with Gasteiger partial charge in [0.1, 0.15) is 0 Å². The van der Waals surface area contributed by atoms with Crippen molar-refractivity contribution in [3.63, 3.8) is 0 Å². The first-order valence-corrected chi connectivity index (χ1v) is 2.22. The van der Waals surface area contributed by atoms with E-state index >= 15 is 0 Å². The molecule has 0 heterocycles. The Morgan fingerprint density at radius 1 is 2.00 bits per heavy atom. The molecule has 0 amide bonds. The molecule has 0 rings (SSSR count). The Morgan fingerprint density at radius 2 is 2.25 bits per heavy atom. The number of hydrogen-bond donors (Lipinski definition) is 0. The van der Waals surface area contributed by atoms with E-state index in [2.05, 4.69) is 3.10 Å². The monoisotopic (exact) mass is 176 g/mol. The van der Waals surface area contributed by atoms with Crippen molar-refractivity contribution in [1.82, 2.24) is 0 Å². The first-order chi connectivity index (χ1) is 1.91. The topological polar surface area (TPSA) is 9.23 Å². The molecular formula is C2H6OTe. The van der Waals surface area contributed by atoms with Crippen LogP contribution >= 0.6 is 0 Å². The van der Waals surface area contributed by atoms with Gasteiger partial charge in [-0.1, -0.05) is 0 Å². The SMILES string of the molecule is CCO[TeH]. The van der Waals surface area contributed by atoms with Crippen molar-refractivity contribution >= 4 is 22.7 Å². The van der Waals surface area contributed by atoms with E-state index in [4.69, 9.17) is 0 Å². The quantitative estimate of drug-likeness (QED) is 0.501. The molecule has 0 saturated heterocycles. The number of hydrogen-bond acceptors (Lipinski definition) is 1. The van der Waals surface area contributed by atoms with E-state index in [1.54, 1.807) is 0 Å². The van der Waals surface area contributed by atoms with Crippen molar-refractivity contribution in [2.45, 2.75) is 6.92 Å². The molecule has 4 heavy (non-hydrogen) atoms. The summed E-state index contributed by atoms with van der Waals surface area (Å²) < 4.78 is 4.59. The van der Waals surface area contributed by atoms with Gasteiger partial charge in [0.25, 0.3) is 0 Å². The summed E-state index contributed by atoms with van der Waals surface area (Å²) in [6, 6.07) is 0. The Bertz CT molecular complexity index is 8.00. The van der Waals surface area contributed by atoms with Crippen LogP contribution in [-0.4, -0.2) is 29.3 Å². The molecule has 0 fully saturated rings. The second-order valence-corrected chi connectivity index (χ2v) is 1.15. The van der Waals surface area contributed by atoms with Crippen LogP contribution < -0.4 is 0 Å². The molecule has 0 saturated carbocycles. The van der Waals surface area contributed by atoms with E-state index in [1.165, 1.54) is 22.7 Å². The molecule has 0 aliphatic carbocycles. The summed E-state index contributed by atoms with van der Waals surface area (Å²) in [4.78, 5) is 0. The fraction of sp³-hybridized carbons (Fsp3) is 1.00. The molecule has 0 aromatic rings. The summed E-state index contributed by atoms with van der Waals surface area (Å²) in [5, 5.41) is 0. The molecule has 1 nitrogen and oxygen atoms in total. The van der Waals surface area contributed by atoms with E-state index in [9.17, 15) is 0 Å². The predicted molar refractivity (Wildman–Crippen MR) is 18.8 cm³/mol. The Labute approximate surface area is 39.8 Å². The average Bonchev–Trinajstić information content (AvgIpc) is 1.37. The van der Waals surface area contributed by atoms with Crippen LogP contribution in [0.5, 0.6) is 0 Å². The third-order valence-electron chi connectivity index (χ3n) is 0.129. The van der Waals surface area contributed by atoms with Crippen LogP contribution in [0.1, 0.15) is 6.92 Å². The molecule has 0 atom stereocenters. The standard InChI is InChI=1S/C2H6OTe/c1-2-3-4/h4H,2H2,1H3. The Morgan fingerprint density at radius 3 is 2.25 bits per heavy atom. The van der Waals surface area contributed by atoms with Gasteiger partial charge in [-0.3, -0.25) is 0 Å². The van der Waals surface area contributed by atoms with Gasteiger partial charge in [0, 0.05) is 0 Å². The summed E-state index contributed by atoms with van der Waals surface area (Å²) in [7, 11) is 0.